The largest absolute Gasteiger partial charge is 0.467 e. The summed E-state index contributed by atoms with van der Waals surface area (Å²) in [6, 6.07) is 1.88. The Balaban J connectivity index is 2.00. The second-order valence-corrected chi connectivity index (χ2v) is 5.40. The fourth-order valence-corrected chi connectivity index (χ4v) is 1.46. The third-order valence-corrected chi connectivity index (χ3v) is 2.73. The standard InChI is InChI=1S/C13H19N3O2/c1-9-6-11(15-16(9)5)17-8-12-14-7-10(18-12)13(2,3)4/h6-7H,8H2,1-5H3. The van der Waals surface area contributed by atoms with E-state index in [2.05, 4.69) is 30.9 Å². The Morgan fingerprint density at radius 1 is 1.39 bits per heavy atom. The molecule has 0 bridgehead atoms. The Labute approximate surface area is 107 Å². The minimum atomic E-state index is -0.0349. The minimum absolute atomic E-state index is 0.0349. The van der Waals surface area contributed by atoms with Crippen LogP contribution in [-0.4, -0.2) is 14.8 Å². The maximum atomic E-state index is 5.64. The van der Waals surface area contributed by atoms with Crippen molar-refractivity contribution in [2.45, 2.75) is 39.7 Å². The molecule has 0 atom stereocenters. The second-order valence-electron chi connectivity index (χ2n) is 5.40. The van der Waals surface area contributed by atoms with Crippen LogP contribution in [0, 0.1) is 6.92 Å². The summed E-state index contributed by atoms with van der Waals surface area (Å²) in [5, 5.41) is 4.21. The van der Waals surface area contributed by atoms with Gasteiger partial charge in [0.2, 0.25) is 11.8 Å². The quantitative estimate of drug-likeness (QED) is 0.839. The molecule has 0 radical (unpaired) electrons. The molecule has 2 heterocycles. The number of oxazole rings is 1. The van der Waals surface area contributed by atoms with E-state index in [1.165, 1.54) is 0 Å². The van der Waals surface area contributed by atoms with Gasteiger partial charge in [-0.1, -0.05) is 20.8 Å². The summed E-state index contributed by atoms with van der Waals surface area (Å²) in [5.74, 6) is 2.02. The topological polar surface area (TPSA) is 53.1 Å². The summed E-state index contributed by atoms with van der Waals surface area (Å²) in [4.78, 5) is 4.20. The first-order chi connectivity index (χ1) is 8.36. The van der Waals surface area contributed by atoms with Crippen molar-refractivity contribution in [1.29, 1.82) is 0 Å². The number of ether oxygens (including phenoxy) is 1. The predicted molar refractivity (Wildman–Crippen MR) is 67.5 cm³/mol. The lowest BCUT2D eigenvalue weighted by atomic mass is 9.94. The molecule has 0 spiro atoms. The number of rotatable bonds is 3. The Morgan fingerprint density at radius 2 is 2.11 bits per heavy atom. The number of hydrogen-bond donors (Lipinski definition) is 0. The molecule has 98 valence electrons. The molecule has 0 saturated carbocycles. The summed E-state index contributed by atoms with van der Waals surface area (Å²) in [6.07, 6.45) is 1.75. The summed E-state index contributed by atoms with van der Waals surface area (Å²) >= 11 is 0. The van der Waals surface area contributed by atoms with Gasteiger partial charge in [0, 0.05) is 24.2 Å². The smallest absolute Gasteiger partial charge is 0.233 e. The van der Waals surface area contributed by atoms with Crippen LogP contribution in [0.5, 0.6) is 5.88 Å². The van der Waals surface area contributed by atoms with Crippen LogP contribution in [0.25, 0.3) is 0 Å². The van der Waals surface area contributed by atoms with Gasteiger partial charge in [0.05, 0.1) is 6.20 Å². The molecule has 0 aliphatic heterocycles. The zero-order valence-electron chi connectivity index (χ0n) is 11.5. The zero-order valence-corrected chi connectivity index (χ0v) is 11.5. The van der Waals surface area contributed by atoms with Crippen LogP contribution >= 0.6 is 0 Å². The maximum Gasteiger partial charge on any atom is 0.233 e. The van der Waals surface area contributed by atoms with E-state index < -0.39 is 0 Å². The van der Waals surface area contributed by atoms with E-state index >= 15 is 0 Å². The van der Waals surface area contributed by atoms with Crippen molar-refractivity contribution in [3.63, 3.8) is 0 Å². The normalized spacial score (nSPS) is 11.8. The van der Waals surface area contributed by atoms with Crippen molar-refractivity contribution in [2.24, 2.45) is 7.05 Å². The molecular weight excluding hydrogens is 230 g/mol. The molecule has 2 rings (SSSR count). The van der Waals surface area contributed by atoms with Crippen molar-refractivity contribution in [3.05, 3.63) is 29.6 Å². The second kappa shape index (κ2) is 4.48. The zero-order chi connectivity index (χ0) is 13.3. The van der Waals surface area contributed by atoms with Crippen molar-refractivity contribution in [2.75, 3.05) is 0 Å². The van der Waals surface area contributed by atoms with Crippen LogP contribution in [0.15, 0.2) is 16.7 Å². The van der Waals surface area contributed by atoms with Gasteiger partial charge in [-0.05, 0) is 6.92 Å². The van der Waals surface area contributed by atoms with Gasteiger partial charge in [0.25, 0.3) is 0 Å². The third-order valence-electron chi connectivity index (χ3n) is 2.73. The maximum absolute atomic E-state index is 5.64. The highest BCUT2D eigenvalue weighted by Crippen LogP contribution is 2.23. The fraction of sp³-hybridized carbons (Fsp3) is 0.538. The summed E-state index contributed by atoms with van der Waals surface area (Å²) in [5.41, 5.74) is 1.01. The summed E-state index contributed by atoms with van der Waals surface area (Å²) < 4.78 is 12.9. The molecule has 5 nitrogen and oxygen atoms in total. The molecule has 0 aliphatic carbocycles. The van der Waals surface area contributed by atoms with Crippen molar-refractivity contribution < 1.29 is 9.15 Å². The van der Waals surface area contributed by atoms with E-state index in [1.54, 1.807) is 10.9 Å². The Morgan fingerprint density at radius 3 is 2.61 bits per heavy atom. The molecule has 2 aromatic heterocycles. The highest BCUT2D eigenvalue weighted by molar-refractivity contribution is 5.14. The molecule has 0 aromatic carbocycles. The Kier molecular flexibility index (Phi) is 3.15. The van der Waals surface area contributed by atoms with Crippen molar-refractivity contribution in [1.82, 2.24) is 14.8 Å². The molecule has 0 fully saturated rings. The molecule has 0 saturated heterocycles. The Hall–Kier alpha value is -1.78. The Bertz CT molecular complexity index is 515. The number of hydrogen-bond acceptors (Lipinski definition) is 4. The SMILES string of the molecule is Cc1cc(OCc2ncc(C(C)(C)C)o2)nn1C. The first kappa shape index (κ1) is 12.7. The number of aryl methyl sites for hydroxylation is 2. The first-order valence-corrected chi connectivity index (χ1v) is 5.95. The molecule has 0 aliphatic rings. The van der Waals surface area contributed by atoms with E-state index in [0.29, 0.717) is 18.4 Å². The van der Waals surface area contributed by atoms with Gasteiger partial charge in [0.1, 0.15) is 5.76 Å². The highest BCUT2D eigenvalue weighted by atomic mass is 16.5. The molecule has 2 aromatic rings. The minimum Gasteiger partial charge on any atom is -0.467 e. The van der Waals surface area contributed by atoms with Crippen molar-refractivity contribution >= 4 is 0 Å². The lowest BCUT2D eigenvalue weighted by Gasteiger charge is -2.13. The molecule has 0 N–H and O–H groups in total. The van der Waals surface area contributed by atoms with Crippen LogP contribution < -0.4 is 4.74 Å². The van der Waals surface area contributed by atoms with Gasteiger partial charge in [-0.2, -0.15) is 0 Å². The molecule has 0 amide bonds. The summed E-state index contributed by atoms with van der Waals surface area (Å²) in [7, 11) is 1.88. The van der Waals surface area contributed by atoms with Gasteiger partial charge in [-0.25, -0.2) is 4.98 Å². The average molecular weight is 249 g/mol. The monoisotopic (exact) mass is 249 g/mol. The van der Waals surface area contributed by atoms with Crippen LogP contribution in [0.4, 0.5) is 0 Å². The lowest BCUT2D eigenvalue weighted by Crippen LogP contribution is -2.09. The highest BCUT2D eigenvalue weighted by Gasteiger charge is 2.19. The van der Waals surface area contributed by atoms with E-state index in [1.807, 2.05) is 20.0 Å². The van der Waals surface area contributed by atoms with Gasteiger partial charge in [-0.15, -0.1) is 5.10 Å². The van der Waals surface area contributed by atoms with E-state index in [4.69, 9.17) is 9.15 Å². The molecule has 0 unspecified atom stereocenters. The molecular formula is C13H19N3O2. The van der Waals surface area contributed by atoms with Crippen LogP contribution in [0.3, 0.4) is 0 Å². The van der Waals surface area contributed by atoms with Crippen molar-refractivity contribution in [3.8, 4) is 5.88 Å². The fourth-order valence-electron chi connectivity index (χ4n) is 1.46. The first-order valence-electron chi connectivity index (χ1n) is 5.95. The lowest BCUT2D eigenvalue weighted by molar-refractivity contribution is 0.242. The molecule has 18 heavy (non-hydrogen) atoms. The van der Waals surface area contributed by atoms with Gasteiger partial charge in [-0.3, -0.25) is 4.68 Å². The van der Waals surface area contributed by atoms with Gasteiger partial charge < -0.3 is 9.15 Å². The third kappa shape index (κ3) is 2.72. The van der Waals surface area contributed by atoms with Crippen LogP contribution in [-0.2, 0) is 19.1 Å². The van der Waals surface area contributed by atoms with E-state index in [0.717, 1.165) is 11.5 Å². The van der Waals surface area contributed by atoms with Crippen LogP contribution in [0.1, 0.15) is 38.1 Å². The summed E-state index contributed by atoms with van der Waals surface area (Å²) in [6.45, 7) is 8.52. The van der Waals surface area contributed by atoms with Gasteiger partial charge in [0.15, 0.2) is 6.61 Å². The van der Waals surface area contributed by atoms with E-state index in [9.17, 15) is 0 Å². The van der Waals surface area contributed by atoms with Crippen LogP contribution in [0.2, 0.25) is 0 Å². The van der Waals surface area contributed by atoms with E-state index in [-0.39, 0.29) is 5.41 Å². The molecule has 5 heteroatoms. The predicted octanol–water partition coefficient (Wildman–Crippen LogP) is 2.59. The average Bonchev–Trinajstić information content (AvgIpc) is 2.83. The van der Waals surface area contributed by atoms with Gasteiger partial charge >= 0.3 is 0 Å². The number of nitrogens with zero attached hydrogens (tertiary/aromatic N) is 3. The number of aromatic nitrogens is 3.